The van der Waals surface area contributed by atoms with Gasteiger partial charge in [0, 0.05) is 44.0 Å². The summed E-state index contributed by atoms with van der Waals surface area (Å²) in [6.45, 7) is 1.08. The van der Waals surface area contributed by atoms with E-state index in [0.29, 0.717) is 24.1 Å². The molecule has 11 heteroatoms. The maximum Gasteiger partial charge on any atom is 0.246 e. The summed E-state index contributed by atoms with van der Waals surface area (Å²) in [5, 5.41) is 4.32. The Kier molecular flexibility index (Phi) is 5.75. The van der Waals surface area contributed by atoms with E-state index in [2.05, 4.69) is 13.8 Å². The van der Waals surface area contributed by atoms with Gasteiger partial charge in [0.05, 0.1) is 23.6 Å². The highest BCUT2D eigenvalue weighted by Gasteiger charge is 2.31. The van der Waals surface area contributed by atoms with Crippen molar-refractivity contribution in [1.29, 1.82) is 0 Å². The van der Waals surface area contributed by atoms with Gasteiger partial charge in [-0.1, -0.05) is 24.3 Å². The Hall–Kier alpha value is -3.41. The zero-order chi connectivity index (χ0) is 22.8. The Balaban J connectivity index is 1.23. The van der Waals surface area contributed by atoms with Crippen molar-refractivity contribution in [2.45, 2.75) is 4.90 Å². The number of nitrogens with zero attached hydrogens (tertiary/aromatic N) is 6. The van der Waals surface area contributed by atoms with E-state index in [9.17, 15) is 13.2 Å². The number of amides is 1. The summed E-state index contributed by atoms with van der Waals surface area (Å²) in [7, 11) is -3.72. The third kappa shape index (κ3) is 4.30. The molecule has 1 aliphatic heterocycles. The first-order valence-electron chi connectivity index (χ1n) is 10.3. The van der Waals surface area contributed by atoms with Crippen LogP contribution in [0.4, 0.5) is 0 Å². The van der Waals surface area contributed by atoms with Crippen molar-refractivity contribution in [2.75, 3.05) is 26.2 Å². The van der Waals surface area contributed by atoms with Gasteiger partial charge in [-0.3, -0.25) is 4.79 Å². The molecule has 33 heavy (non-hydrogen) atoms. The lowest BCUT2D eigenvalue weighted by atomic mass is 10.3. The molecule has 0 spiro atoms. The molecule has 1 fully saturated rings. The second-order valence-electron chi connectivity index (χ2n) is 7.50. The molecule has 0 unspecified atom stereocenters. The Bertz CT molecular complexity index is 1420. The third-order valence-electron chi connectivity index (χ3n) is 5.46. The standard InChI is InChI=1S/C22H20N6O3S2/c29-21(10-9-17-15-23-28(16-17)18-5-2-1-3-6-18)26-11-13-27(14-12-26)33(30,31)20-8-4-7-19-22(20)25-32-24-19/h1-10,15-16H,11-14H2/b10-9+. The van der Waals surface area contributed by atoms with Crippen molar-refractivity contribution in [2.24, 2.45) is 0 Å². The van der Waals surface area contributed by atoms with Crippen LogP contribution in [0.3, 0.4) is 0 Å². The molecule has 0 radical (unpaired) electrons. The minimum atomic E-state index is -3.72. The Labute approximate surface area is 194 Å². The Morgan fingerprint density at radius 2 is 1.76 bits per heavy atom. The lowest BCUT2D eigenvalue weighted by molar-refractivity contribution is -0.127. The topological polar surface area (TPSA) is 101 Å². The normalized spacial score (nSPS) is 15.5. The number of carbonyl (C=O) groups excluding carboxylic acids is 1. The van der Waals surface area contributed by atoms with Crippen molar-refractivity contribution in [1.82, 2.24) is 27.7 Å². The molecule has 0 saturated carbocycles. The first kappa shape index (κ1) is 21.4. The minimum absolute atomic E-state index is 0.156. The van der Waals surface area contributed by atoms with Crippen LogP contribution in [0.15, 0.2) is 71.9 Å². The molecule has 168 valence electrons. The first-order chi connectivity index (χ1) is 16.0. The third-order valence-corrected chi connectivity index (χ3v) is 7.93. The van der Waals surface area contributed by atoms with Crippen LogP contribution < -0.4 is 0 Å². The van der Waals surface area contributed by atoms with Crippen LogP contribution in [0.5, 0.6) is 0 Å². The lowest BCUT2D eigenvalue weighted by Crippen LogP contribution is -2.50. The molecule has 1 aliphatic rings. The van der Waals surface area contributed by atoms with Gasteiger partial charge >= 0.3 is 0 Å². The largest absolute Gasteiger partial charge is 0.337 e. The van der Waals surface area contributed by atoms with Crippen LogP contribution in [0.25, 0.3) is 22.8 Å². The summed E-state index contributed by atoms with van der Waals surface area (Å²) < 4.78 is 37.7. The highest BCUT2D eigenvalue weighted by atomic mass is 32.2. The smallest absolute Gasteiger partial charge is 0.246 e. The number of rotatable bonds is 5. The van der Waals surface area contributed by atoms with Crippen LogP contribution in [-0.2, 0) is 14.8 Å². The zero-order valence-corrected chi connectivity index (χ0v) is 19.1. The SMILES string of the molecule is O=C(/C=C/c1cnn(-c2ccccc2)c1)N1CCN(S(=O)(=O)c2cccc3nsnc23)CC1. The minimum Gasteiger partial charge on any atom is -0.337 e. The summed E-state index contributed by atoms with van der Waals surface area (Å²) in [6.07, 6.45) is 6.75. The number of piperazine rings is 1. The lowest BCUT2D eigenvalue weighted by Gasteiger charge is -2.33. The van der Waals surface area contributed by atoms with Gasteiger partial charge in [-0.15, -0.1) is 0 Å². The molecule has 0 N–H and O–H groups in total. The van der Waals surface area contributed by atoms with E-state index in [1.807, 2.05) is 36.5 Å². The molecule has 5 rings (SSSR count). The van der Waals surface area contributed by atoms with E-state index in [-0.39, 0.29) is 23.9 Å². The second-order valence-corrected chi connectivity index (χ2v) is 9.94. The summed E-state index contributed by atoms with van der Waals surface area (Å²) >= 11 is 0.988. The van der Waals surface area contributed by atoms with Crippen LogP contribution >= 0.6 is 11.7 Å². The molecule has 2 aromatic carbocycles. The summed E-state index contributed by atoms with van der Waals surface area (Å²) in [4.78, 5) is 14.4. The van der Waals surface area contributed by atoms with E-state index in [1.165, 1.54) is 10.4 Å². The van der Waals surface area contributed by atoms with Crippen LogP contribution in [-0.4, -0.2) is 68.2 Å². The monoisotopic (exact) mass is 480 g/mol. The number of hydrogen-bond acceptors (Lipinski definition) is 7. The molecule has 9 nitrogen and oxygen atoms in total. The molecule has 1 saturated heterocycles. The van der Waals surface area contributed by atoms with Gasteiger partial charge in [-0.25, -0.2) is 13.1 Å². The molecule has 1 amide bonds. The molecule has 3 heterocycles. The van der Waals surface area contributed by atoms with Crippen molar-refractivity contribution >= 4 is 44.8 Å². The first-order valence-corrected chi connectivity index (χ1v) is 12.5. The maximum absolute atomic E-state index is 13.1. The highest BCUT2D eigenvalue weighted by Crippen LogP contribution is 2.25. The molecule has 0 aliphatic carbocycles. The van der Waals surface area contributed by atoms with E-state index in [0.717, 1.165) is 23.0 Å². The van der Waals surface area contributed by atoms with Crippen LogP contribution in [0.1, 0.15) is 5.56 Å². The van der Waals surface area contributed by atoms with Gasteiger partial charge in [-0.2, -0.15) is 18.2 Å². The quantitative estimate of drug-likeness (QED) is 0.407. The fourth-order valence-electron chi connectivity index (χ4n) is 3.70. The number of para-hydroxylation sites is 1. The molecule has 2 aromatic heterocycles. The number of fused-ring (bicyclic) bond motifs is 1. The van der Waals surface area contributed by atoms with E-state index in [4.69, 9.17) is 0 Å². The fourth-order valence-corrected chi connectivity index (χ4v) is 5.87. The average Bonchev–Trinajstić information content (AvgIpc) is 3.53. The van der Waals surface area contributed by atoms with E-state index >= 15 is 0 Å². The van der Waals surface area contributed by atoms with Gasteiger partial charge in [0.1, 0.15) is 15.9 Å². The van der Waals surface area contributed by atoms with E-state index in [1.54, 1.807) is 40.1 Å². The van der Waals surface area contributed by atoms with Crippen LogP contribution in [0.2, 0.25) is 0 Å². The van der Waals surface area contributed by atoms with Gasteiger partial charge in [-0.05, 0) is 30.3 Å². The van der Waals surface area contributed by atoms with Gasteiger partial charge in [0.25, 0.3) is 0 Å². The van der Waals surface area contributed by atoms with Gasteiger partial charge < -0.3 is 4.90 Å². The Morgan fingerprint density at radius 3 is 2.55 bits per heavy atom. The van der Waals surface area contributed by atoms with Crippen molar-refractivity contribution in [3.05, 3.63) is 72.6 Å². The maximum atomic E-state index is 13.1. The summed E-state index contributed by atoms with van der Waals surface area (Å²) in [6, 6.07) is 14.7. The van der Waals surface area contributed by atoms with Gasteiger partial charge in [0.2, 0.25) is 15.9 Å². The predicted octanol–water partition coefficient (Wildman–Crippen LogP) is 2.42. The molecule has 4 aromatic rings. The average molecular weight is 481 g/mol. The number of carbonyl (C=O) groups is 1. The summed E-state index contributed by atoms with van der Waals surface area (Å²) in [5.74, 6) is -0.162. The molecular weight excluding hydrogens is 460 g/mol. The zero-order valence-electron chi connectivity index (χ0n) is 17.5. The predicted molar refractivity (Wildman–Crippen MR) is 125 cm³/mol. The summed E-state index contributed by atoms with van der Waals surface area (Å²) in [5.41, 5.74) is 2.69. The molecular formula is C22H20N6O3S2. The van der Waals surface area contributed by atoms with Crippen molar-refractivity contribution in [3.8, 4) is 5.69 Å². The number of hydrogen-bond donors (Lipinski definition) is 0. The number of aromatic nitrogens is 4. The van der Waals surface area contributed by atoms with Crippen molar-refractivity contribution < 1.29 is 13.2 Å². The second kappa shape index (κ2) is 8.85. The van der Waals surface area contributed by atoms with Gasteiger partial charge in [0.15, 0.2) is 0 Å². The fraction of sp³-hybridized carbons (Fsp3) is 0.182. The molecule has 0 bridgehead atoms. The van der Waals surface area contributed by atoms with E-state index < -0.39 is 10.0 Å². The number of benzene rings is 2. The highest BCUT2D eigenvalue weighted by molar-refractivity contribution is 7.89. The molecule has 0 atom stereocenters. The van der Waals surface area contributed by atoms with Crippen LogP contribution in [0, 0.1) is 0 Å². The number of sulfonamides is 1. The Morgan fingerprint density at radius 1 is 0.970 bits per heavy atom. The van der Waals surface area contributed by atoms with Crippen molar-refractivity contribution in [3.63, 3.8) is 0 Å².